The SMILES string of the molecule is CN(C)c1cccc(CN(C)c2ccc([N+](=O)[O-])cc2)c1. The lowest BCUT2D eigenvalue weighted by Crippen LogP contribution is -2.17. The Morgan fingerprint density at radius 1 is 1.00 bits per heavy atom. The summed E-state index contributed by atoms with van der Waals surface area (Å²) in [5.74, 6) is 0. The molecule has 0 unspecified atom stereocenters. The summed E-state index contributed by atoms with van der Waals surface area (Å²) in [6.07, 6.45) is 0. The minimum atomic E-state index is -0.385. The second kappa shape index (κ2) is 6.26. The van der Waals surface area contributed by atoms with Crippen LogP contribution in [0, 0.1) is 10.1 Å². The summed E-state index contributed by atoms with van der Waals surface area (Å²) < 4.78 is 0. The number of anilines is 2. The van der Waals surface area contributed by atoms with Crippen molar-refractivity contribution in [3.63, 3.8) is 0 Å². The molecule has 0 atom stereocenters. The summed E-state index contributed by atoms with van der Waals surface area (Å²) >= 11 is 0. The van der Waals surface area contributed by atoms with Crippen LogP contribution < -0.4 is 9.80 Å². The Morgan fingerprint density at radius 2 is 1.67 bits per heavy atom. The van der Waals surface area contributed by atoms with Crippen LogP contribution in [0.2, 0.25) is 0 Å². The number of nitrogens with zero attached hydrogens (tertiary/aromatic N) is 3. The molecule has 5 heteroatoms. The highest BCUT2D eigenvalue weighted by atomic mass is 16.6. The van der Waals surface area contributed by atoms with E-state index in [-0.39, 0.29) is 10.6 Å². The first-order valence-electron chi connectivity index (χ1n) is 6.69. The van der Waals surface area contributed by atoms with Crippen LogP contribution >= 0.6 is 0 Å². The van der Waals surface area contributed by atoms with Crippen molar-refractivity contribution in [1.29, 1.82) is 0 Å². The molecule has 0 aliphatic carbocycles. The van der Waals surface area contributed by atoms with Gasteiger partial charge in [0, 0.05) is 51.2 Å². The van der Waals surface area contributed by atoms with Gasteiger partial charge in [0.05, 0.1) is 4.92 Å². The molecule has 0 radical (unpaired) electrons. The van der Waals surface area contributed by atoms with Gasteiger partial charge in [-0.3, -0.25) is 10.1 Å². The molecular formula is C16H19N3O2. The summed E-state index contributed by atoms with van der Waals surface area (Å²) in [4.78, 5) is 14.4. The summed E-state index contributed by atoms with van der Waals surface area (Å²) in [5, 5.41) is 10.7. The highest BCUT2D eigenvalue weighted by Gasteiger charge is 2.07. The first kappa shape index (κ1) is 14.8. The third-order valence-electron chi connectivity index (χ3n) is 3.35. The fourth-order valence-corrected chi connectivity index (χ4v) is 2.13. The van der Waals surface area contributed by atoms with Crippen LogP contribution in [0.25, 0.3) is 0 Å². The predicted molar refractivity (Wildman–Crippen MR) is 86.0 cm³/mol. The number of hydrogen-bond donors (Lipinski definition) is 0. The number of hydrogen-bond acceptors (Lipinski definition) is 4. The van der Waals surface area contributed by atoms with E-state index in [0.717, 1.165) is 17.9 Å². The Morgan fingerprint density at radius 3 is 2.24 bits per heavy atom. The van der Waals surface area contributed by atoms with E-state index < -0.39 is 0 Å². The van der Waals surface area contributed by atoms with Crippen molar-refractivity contribution >= 4 is 17.1 Å². The van der Waals surface area contributed by atoms with Crippen molar-refractivity contribution in [2.75, 3.05) is 30.9 Å². The maximum Gasteiger partial charge on any atom is 0.269 e. The van der Waals surface area contributed by atoms with Gasteiger partial charge < -0.3 is 9.80 Å². The summed E-state index contributed by atoms with van der Waals surface area (Å²) in [7, 11) is 6.00. The zero-order valence-corrected chi connectivity index (χ0v) is 12.5. The van der Waals surface area contributed by atoms with E-state index >= 15 is 0 Å². The van der Waals surface area contributed by atoms with E-state index in [1.807, 2.05) is 27.2 Å². The molecule has 21 heavy (non-hydrogen) atoms. The minimum absolute atomic E-state index is 0.113. The number of benzene rings is 2. The van der Waals surface area contributed by atoms with Crippen molar-refractivity contribution in [1.82, 2.24) is 0 Å². The molecule has 0 aromatic heterocycles. The minimum Gasteiger partial charge on any atom is -0.378 e. The molecular weight excluding hydrogens is 266 g/mol. The molecule has 5 nitrogen and oxygen atoms in total. The molecule has 0 amide bonds. The predicted octanol–water partition coefficient (Wildman–Crippen LogP) is 3.30. The third-order valence-corrected chi connectivity index (χ3v) is 3.35. The highest BCUT2D eigenvalue weighted by molar-refractivity contribution is 5.52. The normalized spacial score (nSPS) is 10.2. The Labute approximate surface area is 124 Å². The van der Waals surface area contributed by atoms with Gasteiger partial charge in [0.2, 0.25) is 0 Å². The quantitative estimate of drug-likeness (QED) is 0.625. The lowest BCUT2D eigenvalue weighted by molar-refractivity contribution is -0.384. The van der Waals surface area contributed by atoms with Crippen LogP contribution in [0.1, 0.15) is 5.56 Å². The first-order chi connectivity index (χ1) is 9.97. The lowest BCUT2D eigenvalue weighted by atomic mass is 10.1. The maximum absolute atomic E-state index is 10.7. The summed E-state index contributed by atoms with van der Waals surface area (Å²) in [6, 6.07) is 14.9. The molecule has 2 rings (SSSR count). The largest absolute Gasteiger partial charge is 0.378 e. The number of non-ortho nitro benzene ring substituents is 1. The summed E-state index contributed by atoms with van der Waals surface area (Å²) in [5.41, 5.74) is 3.42. The number of nitro groups is 1. The average Bonchev–Trinajstić information content (AvgIpc) is 2.47. The Bertz CT molecular complexity index is 624. The average molecular weight is 285 g/mol. The lowest BCUT2D eigenvalue weighted by Gasteiger charge is -2.20. The Hall–Kier alpha value is -2.56. The van der Waals surface area contributed by atoms with Crippen LogP contribution in [-0.4, -0.2) is 26.1 Å². The van der Waals surface area contributed by atoms with Crippen molar-refractivity contribution in [2.24, 2.45) is 0 Å². The van der Waals surface area contributed by atoms with E-state index in [0.29, 0.717) is 0 Å². The van der Waals surface area contributed by atoms with Crippen LogP contribution in [0.15, 0.2) is 48.5 Å². The van der Waals surface area contributed by atoms with Crippen molar-refractivity contribution in [3.05, 3.63) is 64.2 Å². The van der Waals surface area contributed by atoms with Gasteiger partial charge in [0.1, 0.15) is 0 Å². The number of rotatable bonds is 5. The molecule has 0 bridgehead atoms. The van der Waals surface area contributed by atoms with Crippen molar-refractivity contribution in [3.8, 4) is 0 Å². The van der Waals surface area contributed by atoms with Crippen LogP contribution in [-0.2, 0) is 6.54 Å². The van der Waals surface area contributed by atoms with E-state index in [2.05, 4.69) is 28.0 Å². The van der Waals surface area contributed by atoms with Crippen molar-refractivity contribution < 1.29 is 4.92 Å². The molecule has 0 heterocycles. The molecule has 2 aromatic rings. The van der Waals surface area contributed by atoms with Gasteiger partial charge in [0.15, 0.2) is 0 Å². The van der Waals surface area contributed by atoms with Gasteiger partial charge in [0.25, 0.3) is 5.69 Å². The van der Waals surface area contributed by atoms with Gasteiger partial charge in [-0.25, -0.2) is 0 Å². The number of nitro benzene ring substituents is 1. The van der Waals surface area contributed by atoms with Gasteiger partial charge in [-0.1, -0.05) is 12.1 Å². The first-order valence-corrected chi connectivity index (χ1v) is 6.69. The molecule has 0 aliphatic heterocycles. The topological polar surface area (TPSA) is 49.6 Å². The molecule has 0 saturated heterocycles. The fourth-order valence-electron chi connectivity index (χ4n) is 2.13. The Kier molecular flexibility index (Phi) is 4.42. The van der Waals surface area contributed by atoms with E-state index in [1.165, 1.54) is 17.7 Å². The second-order valence-electron chi connectivity index (χ2n) is 5.19. The Balaban J connectivity index is 2.12. The molecule has 0 N–H and O–H groups in total. The molecule has 2 aromatic carbocycles. The van der Waals surface area contributed by atoms with E-state index in [4.69, 9.17) is 0 Å². The van der Waals surface area contributed by atoms with Crippen LogP contribution in [0.3, 0.4) is 0 Å². The third kappa shape index (κ3) is 3.72. The zero-order valence-electron chi connectivity index (χ0n) is 12.5. The molecule has 0 saturated carbocycles. The molecule has 0 aliphatic rings. The standard InChI is InChI=1S/C16H19N3O2/c1-17(2)16-6-4-5-13(11-16)12-18(3)14-7-9-15(10-8-14)19(20)21/h4-11H,12H2,1-3H3. The fraction of sp³-hybridized carbons (Fsp3) is 0.250. The van der Waals surface area contributed by atoms with E-state index in [9.17, 15) is 10.1 Å². The monoisotopic (exact) mass is 285 g/mol. The molecule has 110 valence electrons. The van der Waals surface area contributed by atoms with Crippen LogP contribution in [0.4, 0.5) is 17.1 Å². The van der Waals surface area contributed by atoms with Crippen LogP contribution in [0.5, 0.6) is 0 Å². The highest BCUT2D eigenvalue weighted by Crippen LogP contribution is 2.21. The van der Waals surface area contributed by atoms with E-state index in [1.54, 1.807) is 12.1 Å². The van der Waals surface area contributed by atoms with Crippen molar-refractivity contribution in [2.45, 2.75) is 6.54 Å². The van der Waals surface area contributed by atoms with Gasteiger partial charge >= 0.3 is 0 Å². The molecule has 0 fully saturated rings. The van der Waals surface area contributed by atoms with Gasteiger partial charge in [-0.2, -0.15) is 0 Å². The zero-order chi connectivity index (χ0) is 15.4. The second-order valence-corrected chi connectivity index (χ2v) is 5.19. The molecule has 0 spiro atoms. The smallest absolute Gasteiger partial charge is 0.269 e. The summed E-state index contributed by atoms with van der Waals surface area (Å²) in [6.45, 7) is 0.749. The van der Waals surface area contributed by atoms with Gasteiger partial charge in [-0.15, -0.1) is 0 Å². The maximum atomic E-state index is 10.7. The van der Waals surface area contributed by atoms with Gasteiger partial charge in [-0.05, 0) is 29.8 Å².